The highest BCUT2D eigenvalue weighted by molar-refractivity contribution is 6.04. The monoisotopic (exact) mass is 379 g/mol. The fourth-order valence-electron chi connectivity index (χ4n) is 3.21. The largest absolute Gasteiger partial charge is 0.502 e. The highest BCUT2D eigenvalue weighted by atomic mass is 19.1. The van der Waals surface area contributed by atoms with Crippen molar-refractivity contribution in [3.8, 4) is 11.5 Å². The van der Waals surface area contributed by atoms with Crippen LogP contribution < -0.4 is 15.0 Å². The van der Waals surface area contributed by atoms with Crippen LogP contribution in [0.15, 0.2) is 54.7 Å². The Bertz CT molecular complexity index is 1010. The van der Waals surface area contributed by atoms with Crippen molar-refractivity contribution >= 4 is 17.4 Å². The van der Waals surface area contributed by atoms with Gasteiger partial charge in [-0.05, 0) is 35.4 Å². The first-order valence-electron chi connectivity index (χ1n) is 8.71. The Balaban J connectivity index is 1.47. The fourth-order valence-corrected chi connectivity index (χ4v) is 3.21. The first-order chi connectivity index (χ1) is 13.5. The number of ether oxygens (including phenoxy) is 1. The van der Waals surface area contributed by atoms with Crippen molar-refractivity contribution in [1.29, 1.82) is 0 Å². The Kier molecular flexibility index (Phi) is 4.57. The van der Waals surface area contributed by atoms with Gasteiger partial charge in [0, 0.05) is 18.7 Å². The summed E-state index contributed by atoms with van der Waals surface area (Å²) < 4.78 is 18.6. The molecule has 0 fully saturated rings. The minimum atomic E-state index is -0.924. The van der Waals surface area contributed by atoms with Gasteiger partial charge in [-0.2, -0.15) is 0 Å². The normalized spacial score (nSPS) is 12.6. The van der Waals surface area contributed by atoms with E-state index in [1.54, 1.807) is 12.3 Å². The molecule has 142 valence electrons. The van der Waals surface area contributed by atoms with Gasteiger partial charge in [-0.25, -0.2) is 9.37 Å². The Hall–Kier alpha value is -3.61. The van der Waals surface area contributed by atoms with Gasteiger partial charge in [0.1, 0.15) is 5.82 Å². The van der Waals surface area contributed by atoms with Crippen LogP contribution in [0.1, 0.15) is 21.5 Å². The zero-order chi connectivity index (χ0) is 19.7. The summed E-state index contributed by atoms with van der Waals surface area (Å²) in [6.45, 7) is 1.59. The minimum Gasteiger partial charge on any atom is -0.502 e. The summed E-state index contributed by atoms with van der Waals surface area (Å²) in [5, 5.41) is 12.2. The number of halogens is 1. The van der Waals surface area contributed by atoms with Crippen molar-refractivity contribution in [1.82, 2.24) is 4.98 Å². The molecule has 1 aliphatic heterocycles. The molecule has 3 aromatic rings. The number of methoxy groups -OCH3 is 1. The van der Waals surface area contributed by atoms with Gasteiger partial charge in [-0.1, -0.05) is 24.3 Å². The lowest BCUT2D eigenvalue weighted by molar-refractivity contribution is 0.102. The molecule has 0 spiro atoms. The second kappa shape index (κ2) is 7.19. The molecule has 1 aromatic heterocycles. The van der Waals surface area contributed by atoms with E-state index in [0.717, 1.165) is 25.0 Å². The molecule has 0 unspecified atom stereocenters. The lowest BCUT2D eigenvalue weighted by atomic mass is 10.1. The highest BCUT2D eigenvalue weighted by Gasteiger charge is 2.20. The molecule has 6 nitrogen and oxygen atoms in total. The SMILES string of the molecule is COc1cc(C(=O)Nc2ccc(N3Cc4ccccc4C3)nc2)cc(F)c1O. The number of fused-ring (bicyclic) bond motifs is 1. The Morgan fingerprint density at radius 1 is 1.18 bits per heavy atom. The smallest absolute Gasteiger partial charge is 0.255 e. The van der Waals surface area contributed by atoms with E-state index in [9.17, 15) is 14.3 Å². The number of carbonyl (C=O) groups excluding carboxylic acids is 1. The highest BCUT2D eigenvalue weighted by Crippen LogP contribution is 2.31. The predicted octanol–water partition coefficient (Wildman–Crippen LogP) is 3.71. The average molecular weight is 379 g/mol. The molecule has 4 rings (SSSR count). The third-order valence-electron chi connectivity index (χ3n) is 4.68. The maximum absolute atomic E-state index is 13.7. The molecular weight excluding hydrogens is 361 g/mol. The molecule has 7 heteroatoms. The number of pyridine rings is 1. The number of hydrogen-bond donors (Lipinski definition) is 2. The third-order valence-corrected chi connectivity index (χ3v) is 4.68. The zero-order valence-corrected chi connectivity index (χ0v) is 15.1. The molecule has 0 atom stereocenters. The van der Waals surface area contributed by atoms with E-state index in [2.05, 4.69) is 27.3 Å². The molecule has 2 heterocycles. The van der Waals surface area contributed by atoms with Gasteiger partial charge in [0.25, 0.3) is 5.91 Å². The molecule has 0 radical (unpaired) electrons. The van der Waals surface area contributed by atoms with Crippen LogP contribution in [0.25, 0.3) is 0 Å². The molecule has 1 aliphatic rings. The molecule has 0 saturated carbocycles. The maximum atomic E-state index is 13.7. The van der Waals surface area contributed by atoms with E-state index >= 15 is 0 Å². The summed E-state index contributed by atoms with van der Waals surface area (Å²) in [6, 6.07) is 14.1. The number of carbonyl (C=O) groups is 1. The average Bonchev–Trinajstić information content (AvgIpc) is 3.14. The van der Waals surface area contributed by atoms with Crippen LogP contribution in [0.4, 0.5) is 15.9 Å². The number of hydrogen-bond acceptors (Lipinski definition) is 5. The molecule has 0 saturated heterocycles. The van der Waals surface area contributed by atoms with E-state index in [1.807, 2.05) is 18.2 Å². The molecule has 0 aliphatic carbocycles. The first kappa shape index (κ1) is 17.8. The minimum absolute atomic E-state index is 0.0335. The van der Waals surface area contributed by atoms with Crippen molar-refractivity contribution in [2.75, 3.05) is 17.3 Å². The number of rotatable bonds is 4. The van der Waals surface area contributed by atoms with E-state index < -0.39 is 17.5 Å². The zero-order valence-electron chi connectivity index (χ0n) is 15.1. The summed E-state index contributed by atoms with van der Waals surface area (Å²) >= 11 is 0. The van der Waals surface area contributed by atoms with Crippen LogP contribution in [0.5, 0.6) is 11.5 Å². The number of amides is 1. The Morgan fingerprint density at radius 2 is 1.89 bits per heavy atom. The van der Waals surface area contributed by atoms with Crippen molar-refractivity contribution < 1.29 is 19.0 Å². The summed E-state index contributed by atoms with van der Waals surface area (Å²) in [5.41, 5.74) is 3.08. The van der Waals surface area contributed by atoms with Gasteiger partial charge >= 0.3 is 0 Å². The van der Waals surface area contributed by atoms with E-state index in [4.69, 9.17) is 4.74 Å². The van der Waals surface area contributed by atoms with E-state index in [0.29, 0.717) is 5.69 Å². The Morgan fingerprint density at radius 3 is 2.50 bits per heavy atom. The summed E-state index contributed by atoms with van der Waals surface area (Å²) in [6.07, 6.45) is 1.56. The standard InChI is InChI=1S/C21H18FN3O3/c1-28-18-9-15(8-17(22)20(18)26)21(27)24-16-6-7-19(23-10-16)25-11-13-4-2-3-5-14(13)12-25/h2-10,26H,11-12H2,1H3,(H,24,27). The van der Waals surface area contributed by atoms with Gasteiger partial charge < -0.3 is 20.1 Å². The van der Waals surface area contributed by atoms with E-state index in [1.165, 1.54) is 24.3 Å². The number of phenols is 1. The van der Waals surface area contributed by atoms with Gasteiger partial charge in [0.2, 0.25) is 0 Å². The lowest BCUT2D eigenvalue weighted by Gasteiger charge is -2.16. The molecule has 2 aromatic carbocycles. The number of nitrogens with one attached hydrogen (secondary N) is 1. The number of nitrogens with zero attached hydrogens (tertiary/aromatic N) is 2. The number of phenolic OH excluding ortho intramolecular Hbond substituents is 1. The van der Waals surface area contributed by atoms with Crippen molar-refractivity contribution in [3.05, 3.63) is 77.2 Å². The second-order valence-electron chi connectivity index (χ2n) is 6.49. The van der Waals surface area contributed by atoms with Crippen LogP contribution in [0, 0.1) is 5.82 Å². The maximum Gasteiger partial charge on any atom is 0.255 e. The predicted molar refractivity (Wildman–Crippen MR) is 103 cm³/mol. The summed E-state index contributed by atoms with van der Waals surface area (Å²) in [5.74, 6) is -1.37. The fraction of sp³-hybridized carbons (Fsp3) is 0.143. The van der Waals surface area contributed by atoms with Crippen LogP contribution in [0.2, 0.25) is 0 Å². The van der Waals surface area contributed by atoms with Gasteiger partial charge in [0.15, 0.2) is 17.3 Å². The van der Waals surface area contributed by atoms with Gasteiger partial charge in [0.05, 0.1) is 19.0 Å². The quantitative estimate of drug-likeness (QED) is 0.723. The molecular formula is C21H18FN3O3. The van der Waals surface area contributed by atoms with Gasteiger partial charge in [-0.15, -0.1) is 0 Å². The van der Waals surface area contributed by atoms with Crippen molar-refractivity contribution in [2.45, 2.75) is 13.1 Å². The number of benzene rings is 2. The molecule has 1 amide bonds. The second-order valence-corrected chi connectivity index (χ2v) is 6.49. The van der Waals surface area contributed by atoms with Gasteiger partial charge in [-0.3, -0.25) is 4.79 Å². The third kappa shape index (κ3) is 3.34. The van der Waals surface area contributed by atoms with Crippen molar-refractivity contribution in [3.63, 3.8) is 0 Å². The van der Waals surface area contributed by atoms with Crippen LogP contribution >= 0.6 is 0 Å². The topological polar surface area (TPSA) is 74.7 Å². The molecule has 2 N–H and O–H groups in total. The number of aromatic hydroxyl groups is 1. The number of aromatic nitrogens is 1. The Labute approximate surface area is 161 Å². The molecule has 0 bridgehead atoms. The van der Waals surface area contributed by atoms with Crippen LogP contribution in [-0.2, 0) is 13.1 Å². The lowest BCUT2D eigenvalue weighted by Crippen LogP contribution is -2.16. The first-order valence-corrected chi connectivity index (χ1v) is 8.71. The van der Waals surface area contributed by atoms with E-state index in [-0.39, 0.29) is 11.3 Å². The van der Waals surface area contributed by atoms with Crippen LogP contribution in [0.3, 0.4) is 0 Å². The van der Waals surface area contributed by atoms with Crippen molar-refractivity contribution in [2.24, 2.45) is 0 Å². The molecule has 28 heavy (non-hydrogen) atoms. The number of anilines is 2. The summed E-state index contributed by atoms with van der Waals surface area (Å²) in [4.78, 5) is 19.0. The summed E-state index contributed by atoms with van der Waals surface area (Å²) in [7, 11) is 1.29. The van der Waals surface area contributed by atoms with Crippen LogP contribution in [-0.4, -0.2) is 23.1 Å².